The van der Waals surface area contributed by atoms with Crippen LogP contribution in [-0.4, -0.2) is 23.4 Å². The molecule has 1 aliphatic heterocycles. The zero-order valence-corrected chi connectivity index (χ0v) is 16.4. The van der Waals surface area contributed by atoms with Crippen molar-refractivity contribution in [3.63, 3.8) is 0 Å². The lowest BCUT2D eigenvalue weighted by Gasteiger charge is -2.09. The van der Waals surface area contributed by atoms with Crippen molar-refractivity contribution in [3.05, 3.63) is 111 Å². The fourth-order valence-corrected chi connectivity index (χ4v) is 3.09. The molecule has 0 amide bonds. The summed E-state index contributed by atoms with van der Waals surface area (Å²) in [6.07, 6.45) is 2.34. The fraction of sp³-hybridized carbons (Fsp3) is 0.0833. The number of para-hydroxylation sites is 1. The van der Waals surface area contributed by atoms with Crippen molar-refractivity contribution in [1.82, 2.24) is 0 Å². The maximum atomic E-state index is 12.3. The molecule has 0 N–H and O–H groups in total. The van der Waals surface area contributed by atoms with Gasteiger partial charge in [-0.1, -0.05) is 54.6 Å². The second-order valence-electron chi connectivity index (χ2n) is 6.77. The summed E-state index contributed by atoms with van der Waals surface area (Å²) in [5.41, 5.74) is 2.21. The molecule has 3 aromatic rings. The highest BCUT2D eigenvalue weighted by atomic mass is 16.6. The van der Waals surface area contributed by atoms with Gasteiger partial charge in [-0.15, -0.1) is 0 Å². The lowest BCUT2D eigenvalue weighted by Crippen LogP contribution is -2.06. The van der Waals surface area contributed by atoms with Crippen molar-refractivity contribution in [3.8, 4) is 5.75 Å². The minimum atomic E-state index is -0.624. The quantitative estimate of drug-likeness (QED) is 0.245. The van der Waals surface area contributed by atoms with Gasteiger partial charge in [-0.3, -0.25) is 10.1 Å². The Bertz CT molecular complexity index is 1190. The minimum absolute atomic E-state index is 0.0300. The van der Waals surface area contributed by atoms with Gasteiger partial charge in [-0.25, -0.2) is 9.79 Å². The lowest BCUT2D eigenvalue weighted by molar-refractivity contribution is -0.384. The number of hydrogen-bond donors (Lipinski definition) is 0. The Morgan fingerprint density at radius 3 is 2.58 bits per heavy atom. The van der Waals surface area contributed by atoms with Gasteiger partial charge in [0.25, 0.3) is 5.69 Å². The van der Waals surface area contributed by atoms with Gasteiger partial charge < -0.3 is 9.47 Å². The molecule has 0 fully saturated rings. The van der Waals surface area contributed by atoms with E-state index in [0.29, 0.717) is 23.5 Å². The smallest absolute Gasteiger partial charge is 0.363 e. The summed E-state index contributed by atoms with van der Waals surface area (Å²) in [7, 11) is 0. The Kier molecular flexibility index (Phi) is 5.84. The first-order valence-electron chi connectivity index (χ1n) is 9.63. The third kappa shape index (κ3) is 4.84. The molecule has 7 heteroatoms. The van der Waals surface area contributed by atoms with Gasteiger partial charge in [0.05, 0.1) is 11.5 Å². The summed E-state index contributed by atoms with van der Waals surface area (Å²) in [6, 6.07) is 23.1. The number of cyclic esters (lactones) is 1. The van der Waals surface area contributed by atoms with Crippen LogP contribution in [0.5, 0.6) is 5.75 Å². The molecule has 1 heterocycles. The highest BCUT2D eigenvalue weighted by molar-refractivity contribution is 6.13. The Balaban J connectivity index is 1.53. The molecule has 31 heavy (non-hydrogen) atoms. The molecule has 3 aromatic carbocycles. The van der Waals surface area contributed by atoms with Crippen LogP contribution >= 0.6 is 0 Å². The summed E-state index contributed by atoms with van der Waals surface area (Å²) < 4.78 is 11.1. The van der Waals surface area contributed by atoms with Gasteiger partial charge in [0, 0.05) is 29.7 Å². The van der Waals surface area contributed by atoms with E-state index >= 15 is 0 Å². The highest BCUT2D eigenvalue weighted by Gasteiger charge is 2.25. The maximum Gasteiger partial charge on any atom is 0.363 e. The van der Waals surface area contributed by atoms with Crippen LogP contribution in [0.15, 0.2) is 89.6 Å². The number of nitro groups is 1. The number of nitro benzene ring substituents is 1. The van der Waals surface area contributed by atoms with Gasteiger partial charge >= 0.3 is 5.97 Å². The number of rotatable bonds is 7. The predicted molar refractivity (Wildman–Crippen MR) is 116 cm³/mol. The standard InChI is InChI=1S/C24H18N2O5/c27-24-21(25-23(31-24)19-10-6-11-20(15-19)26(28)29)16-18-9-4-5-12-22(18)30-14-13-17-7-2-1-3-8-17/h1-12,15-16H,13-14H2/b21-16-. The van der Waals surface area contributed by atoms with E-state index in [2.05, 4.69) is 4.99 Å². The second-order valence-corrected chi connectivity index (χ2v) is 6.77. The summed E-state index contributed by atoms with van der Waals surface area (Å²) in [6.45, 7) is 0.483. The van der Waals surface area contributed by atoms with Crippen LogP contribution in [0, 0.1) is 10.1 Å². The molecule has 4 rings (SSSR count). The van der Waals surface area contributed by atoms with Gasteiger partial charge in [0.2, 0.25) is 5.90 Å². The number of carbonyl (C=O) groups is 1. The van der Waals surface area contributed by atoms with E-state index in [0.717, 1.165) is 6.42 Å². The molecular formula is C24H18N2O5. The van der Waals surface area contributed by atoms with Crippen LogP contribution in [0.1, 0.15) is 16.7 Å². The van der Waals surface area contributed by atoms with E-state index in [1.807, 2.05) is 54.6 Å². The molecule has 0 aliphatic carbocycles. The number of non-ortho nitro benzene ring substituents is 1. The van der Waals surface area contributed by atoms with E-state index in [1.54, 1.807) is 12.1 Å². The number of nitrogens with zero attached hydrogens (tertiary/aromatic N) is 2. The Morgan fingerprint density at radius 1 is 1.00 bits per heavy atom. The summed E-state index contributed by atoms with van der Waals surface area (Å²) in [5.74, 6) is 0.0285. The van der Waals surface area contributed by atoms with Crippen LogP contribution in [0.25, 0.3) is 6.08 Å². The zero-order valence-electron chi connectivity index (χ0n) is 16.4. The molecule has 1 aliphatic rings. The van der Waals surface area contributed by atoms with Crippen molar-refractivity contribution in [1.29, 1.82) is 0 Å². The van der Waals surface area contributed by atoms with E-state index in [-0.39, 0.29) is 17.3 Å². The molecule has 7 nitrogen and oxygen atoms in total. The second kappa shape index (κ2) is 9.04. The Labute approximate surface area is 178 Å². The van der Waals surface area contributed by atoms with Crippen molar-refractivity contribution >= 4 is 23.6 Å². The van der Waals surface area contributed by atoms with Crippen molar-refractivity contribution in [2.24, 2.45) is 4.99 Å². The molecule has 0 unspecified atom stereocenters. The van der Waals surface area contributed by atoms with Crippen LogP contribution in [-0.2, 0) is 16.0 Å². The molecule has 0 saturated carbocycles. The molecule has 0 saturated heterocycles. The fourth-order valence-electron chi connectivity index (χ4n) is 3.09. The largest absolute Gasteiger partial charge is 0.493 e. The molecule has 0 aromatic heterocycles. The van der Waals surface area contributed by atoms with E-state index in [1.165, 1.54) is 23.8 Å². The summed E-state index contributed by atoms with van der Waals surface area (Å²) >= 11 is 0. The van der Waals surface area contributed by atoms with Gasteiger partial charge in [0.1, 0.15) is 5.75 Å². The number of ether oxygens (including phenoxy) is 2. The predicted octanol–water partition coefficient (Wildman–Crippen LogP) is 4.56. The number of hydrogen-bond acceptors (Lipinski definition) is 6. The third-order valence-electron chi connectivity index (χ3n) is 4.63. The normalized spacial score (nSPS) is 14.3. The zero-order chi connectivity index (χ0) is 21.6. The van der Waals surface area contributed by atoms with E-state index in [9.17, 15) is 14.9 Å². The Hall–Kier alpha value is -4.26. The van der Waals surface area contributed by atoms with Crippen molar-refractivity contribution in [2.75, 3.05) is 6.61 Å². The van der Waals surface area contributed by atoms with Crippen LogP contribution in [0.3, 0.4) is 0 Å². The average molecular weight is 414 g/mol. The molecular weight excluding hydrogens is 396 g/mol. The minimum Gasteiger partial charge on any atom is -0.493 e. The molecule has 0 radical (unpaired) electrons. The van der Waals surface area contributed by atoms with Crippen LogP contribution in [0.4, 0.5) is 5.69 Å². The lowest BCUT2D eigenvalue weighted by atomic mass is 10.1. The maximum absolute atomic E-state index is 12.3. The molecule has 0 spiro atoms. The Morgan fingerprint density at radius 2 is 1.77 bits per heavy atom. The molecule has 0 bridgehead atoms. The first kappa shape index (κ1) is 20.0. The van der Waals surface area contributed by atoms with E-state index in [4.69, 9.17) is 9.47 Å². The summed E-state index contributed by atoms with van der Waals surface area (Å²) in [5, 5.41) is 11.0. The first-order valence-corrected chi connectivity index (χ1v) is 9.63. The monoisotopic (exact) mass is 414 g/mol. The van der Waals surface area contributed by atoms with E-state index < -0.39 is 10.9 Å². The number of aliphatic imine (C=N–C) groups is 1. The number of benzene rings is 3. The van der Waals surface area contributed by atoms with Gasteiger partial charge in [-0.05, 0) is 23.8 Å². The number of esters is 1. The number of carbonyl (C=O) groups excluding carboxylic acids is 1. The first-order chi connectivity index (χ1) is 15.1. The van der Waals surface area contributed by atoms with Gasteiger partial charge in [0.15, 0.2) is 5.70 Å². The molecule has 0 atom stereocenters. The average Bonchev–Trinajstić information content (AvgIpc) is 3.16. The van der Waals surface area contributed by atoms with Crippen LogP contribution < -0.4 is 4.74 Å². The van der Waals surface area contributed by atoms with Crippen molar-refractivity contribution in [2.45, 2.75) is 6.42 Å². The van der Waals surface area contributed by atoms with Crippen molar-refractivity contribution < 1.29 is 19.2 Å². The topological polar surface area (TPSA) is 91.0 Å². The SMILES string of the molecule is O=C1OC(c2cccc([N+](=O)[O-])c2)=N/C1=C\c1ccccc1OCCc1ccccc1. The van der Waals surface area contributed by atoms with Crippen LogP contribution in [0.2, 0.25) is 0 Å². The third-order valence-corrected chi connectivity index (χ3v) is 4.63. The summed E-state index contributed by atoms with van der Waals surface area (Å²) in [4.78, 5) is 27.0. The molecule has 154 valence electrons. The highest BCUT2D eigenvalue weighted by Crippen LogP contribution is 2.25. The van der Waals surface area contributed by atoms with Gasteiger partial charge in [-0.2, -0.15) is 0 Å².